The number of hydrogen-bond donors (Lipinski definition) is 1. The first-order valence-electron chi connectivity index (χ1n) is 2.95. The Labute approximate surface area is 107 Å². The predicted octanol–water partition coefficient (Wildman–Crippen LogP) is 0.383. The molecule has 0 aliphatic heterocycles. The molecule has 0 bridgehead atoms. The molecule has 0 aliphatic rings. The van der Waals surface area contributed by atoms with Crippen molar-refractivity contribution >= 4 is 55.8 Å². The molecule has 0 heterocycles. The molecule has 2 N–H and O–H groups in total. The number of benzene rings is 1. The van der Waals surface area contributed by atoms with Crippen LogP contribution in [0.5, 0.6) is 5.75 Å². The molecule has 4 nitrogen and oxygen atoms in total. The van der Waals surface area contributed by atoms with Gasteiger partial charge < -0.3 is 4.18 Å². The predicted molar refractivity (Wildman–Crippen MR) is 55.0 cm³/mol. The Morgan fingerprint density at radius 2 is 2.00 bits per heavy atom. The summed E-state index contributed by atoms with van der Waals surface area (Å²) in [6.45, 7) is 0. The van der Waals surface area contributed by atoms with Crippen LogP contribution >= 0.6 is 15.9 Å². The molecule has 0 amide bonds. The van der Waals surface area contributed by atoms with Gasteiger partial charge in [-0.25, -0.2) is 0 Å². The Bertz CT molecular complexity index is 381. The first kappa shape index (κ1) is 13.4. The van der Waals surface area contributed by atoms with Crippen LogP contribution in [0.4, 0.5) is 0 Å². The van der Waals surface area contributed by atoms with Crippen LogP contribution in [-0.4, -0.2) is 38.0 Å². The van der Waals surface area contributed by atoms with E-state index in [2.05, 4.69) is 25.3 Å². The Hall–Kier alpha value is 0.410. The zero-order valence-electron chi connectivity index (χ0n) is 5.90. The summed E-state index contributed by atoms with van der Waals surface area (Å²) in [5.41, 5.74) is 0. The van der Waals surface area contributed by atoms with Gasteiger partial charge >= 0.3 is 39.9 Å². The van der Waals surface area contributed by atoms with E-state index < -0.39 is 10.3 Å². The van der Waals surface area contributed by atoms with Gasteiger partial charge in [-0.15, -0.1) is 0 Å². The molecule has 0 spiro atoms. The van der Waals surface area contributed by atoms with Gasteiger partial charge in [0.1, 0.15) is 5.75 Å². The minimum absolute atomic E-state index is 0. The van der Waals surface area contributed by atoms with Crippen molar-refractivity contribution in [3.63, 3.8) is 0 Å². The summed E-state index contributed by atoms with van der Waals surface area (Å²) < 4.78 is 26.0. The molecule has 0 aromatic heterocycles. The fourth-order valence-electron chi connectivity index (χ4n) is 0.653. The average Bonchev–Trinajstić information content (AvgIpc) is 1.82. The third-order valence-corrected chi connectivity index (χ3v) is 1.93. The molecule has 0 radical (unpaired) electrons. The second-order valence-corrected chi connectivity index (χ2v) is 4.10. The summed E-state index contributed by atoms with van der Waals surface area (Å²) >= 11 is 3.15. The van der Waals surface area contributed by atoms with Gasteiger partial charge in [0, 0.05) is 4.47 Å². The van der Waals surface area contributed by atoms with Crippen molar-refractivity contribution in [3.8, 4) is 5.75 Å². The first-order valence-corrected chi connectivity index (χ1v) is 5.21. The summed E-state index contributed by atoms with van der Waals surface area (Å²) in [4.78, 5) is 0. The molecular formula is C6H7BrNNaO3S. The van der Waals surface area contributed by atoms with E-state index in [1.807, 2.05) is 0 Å². The summed E-state index contributed by atoms with van der Waals surface area (Å²) in [7, 11) is -3.91. The number of hydrogen-bond acceptors (Lipinski definition) is 3. The van der Waals surface area contributed by atoms with Crippen LogP contribution in [-0.2, 0) is 10.3 Å². The van der Waals surface area contributed by atoms with Gasteiger partial charge in [0.15, 0.2) is 0 Å². The zero-order valence-corrected chi connectivity index (χ0v) is 8.30. The second-order valence-electron chi connectivity index (χ2n) is 2.03. The van der Waals surface area contributed by atoms with Crippen molar-refractivity contribution in [1.29, 1.82) is 0 Å². The van der Waals surface area contributed by atoms with Gasteiger partial charge in [0.25, 0.3) is 0 Å². The molecular weight excluding hydrogens is 269 g/mol. The molecule has 0 saturated heterocycles. The molecule has 0 unspecified atom stereocenters. The molecule has 7 heteroatoms. The fraction of sp³-hybridized carbons (Fsp3) is 0. The first-order chi connectivity index (χ1) is 5.47. The Kier molecular flexibility index (Phi) is 5.50. The standard InChI is InChI=1S/C6H6BrNO3S.Na.H/c7-5-2-1-3-6(4-5)11-12(8,9)10;;/h1-4H,(H2,8,9,10);;. The van der Waals surface area contributed by atoms with E-state index in [1.54, 1.807) is 12.1 Å². The third kappa shape index (κ3) is 5.66. The van der Waals surface area contributed by atoms with Crippen molar-refractivity contribution < 1.29 is 12.6 Å². The van der Waals surface area contributed by atoms with Gasteiger partial charge in [-0.3, -0.25) is 0 Å². The van der Waals surface area contributed by atoms with Crippen molar-refractivity contribution in [2.45, 2.75) is 0 Å². The van der Waals surface area contributed by atoms with Crippen molar-refractivity contribution in [1.82, 2.24) is 0 Å². The van der Waals surface area contributed by atoms with Gasteiger partial charge in [-0.2, -0.15) is 13.6 Å². The fourth-order valence-corrected chi connectivity index (χ4v) is 1.40. The van der Waals surface area contributed by atoms with Crippen LogP contribution in [0.15, 0.2) is 28.7 Å². The average molecular weight is 276 g/mol. The monoisotopic (exact) mass is 275 g/mol. The van der Waals surface area contributed by atoms with Crippen molar-refractivity contribution in [2.24, 2.45) is 5.14 Å². The third-order valence-electron chi connectivity index (χ3n) is 1.01. The zero-order chi connectivity index (χ0) is 9.19. The molecule has 0 saturated carbocycles. The van der Waals surface area contributed by atoms with Crippen molar-refractivity contribution in [3.05, 3.63) is 28.7 Å². The van der Waals surface area contributed by atoms with Gasteiger partial charge in [-0.05, 0) is 18.2 Å². The van der Waals surface area contributed by atoms with E-state index >= 15 is 0 Å². The molecule has 0 aliphatic carbocycles. The van der Waals surface area contributed by atoms with E-state index in [1.165, 1.54) is 12.1 Å². The Balaban J connectivity index is 0.00000144. The van der Waals surface area contributed by atoms with E-state index in [-0.39, 0.29) is 35.3 Å². The van der Waals surface area contributed by atoms with Crippen LogP contribution in [0.2, 0.25) is 0 Å². The number of rotatable bonds is 2. The maximum atomic E-state index is 10.5. The van der Waals surface area contributed by atoms with E-state index in [4.69, 9.17) is 0 Å². The molecule has 1 aromatic rings. The SMILES string of the molecule is NS(=O)(=O)Oc1cccc(Br)c1.[NaH]. The quantitative estimate of drug-likeness (QED) is 0.794. The van der Waals surface area contributed by atoms with E-state index in [0.717, 1.165) is 4.47 Å². The van der Waals surface area contributed by atoms with Gasteiger partial charge in [0.2, 0.25) is 0 Å². The minimum atomic E-state index is -3.91. The molecule has 0 atom stereocenters. The van der Waals surface area contributed by atoms with Gasteiger partial charge in [-0.1, -0.05) is 22.0 Å². The molecule has 68 valence electrons. The Morgan fingerprint density at radius 1 is 1.38 bits per heavy atom. The topological polar surface area (TPSA) is 69.4 Å². The summed E-state index contributed by atoms with van der Waals surface area (Å²) in [6, 6.07) is 6.39. The summed E-state index contributed by atoms with van der Waals surface area (Å²) in [6.07, 6.45) is 0. The van der Waals surface area contributed by atoms with Crippen LogP contribution in [0.3, 0.4) is 0 Å². The Morgan fingerprint density at radius 3 is 2.46 bits per heavy atom. The van der Waals surface area contributed by atoms with Crippen molar-refractivity contribution in [2.75, 3.05) is 0 Å². The van der Waals surface area contributed by atoms with Crippen LogP contribution in [0, 0.1) is 0 Å². The summed E-state index contributed by atoms with van der Waals surface area (Å²) in [5.74, 6) is 0.187. The van der Waals surface area contributed by atoms with Crippen LogP contribution < -0.4 is 9.32 Å². The molecule has 1 rings (SSSR count). The van der Waals surface area contributed by atoms with Crippen LogP contribution in [0.1, 0.15) is 0 Å². The second kappa shape index (κ2) is 5.33. The molecule has 1 aromatic carbocycles. The summed E-state index contributed by atoms with van der Waals surface area (Å²) in [5, 5.41) is 4.65. The van der Waals surface area contributed by atoms with E-state index in [0.29, 0.717) is 0 Å². The maximum absolute atomic E-state index is 10.5. The van der Waals surface area contributed by atoms with Crippen LogP contribution in [0.25, 0.3) is 0 Å². The number of nitrogens with two attached hydrogens (primary N) is 1. The normalized spacial score (nSPS) is 10.3. The number of halogens is 1. The molecule has 13 heavy (non-hydrogen) atoms. The molecule has 0 fully saturated rings. The van der Waals surface area contributed by atoms with E-state index in [9.17, 15) is 8.42 Å². The van der Waals surface area contributed by atoms with Gasteiger partial charge in [0.05, 0.1) is 0 Å².